The predicted molar refractivity (Wildman–Crippen MR) is 99.2 cm³/mol. The Morgan fingerprint density at radius 3 is 2.56 bits per heavy atom. The lowest BCUT2D eigenvalue weighted by Crippen LogP contribution is -2.24. The van der Waals surface area contributed by atoms with Gasteiger partial charge in [0, 0.05) is 5.56 Å². The Balaban J connectivity index is 1.95. The van der Waals surface area contributed by atoms with Gasteiger partial charge in [0.05, 0.1) is 15.2 Å². The molecule has 0 spiro atoms. The number of carbonyl (C=O) groups excluding carboxylic acids is 1. The highest BCUT2D eigenvalue weighted by Gasteiger charge is 2.14. The molecule has 0 fully saturated rings. The second-order valence-electron chi connectivity index (χ2n) is 5.01. The molecule has 25 heavy (non-hydrogen) atoms. The minimum atomic E-state index is -0.685. The largest absolute Gasteiger partial charge is 0.504 e. The van der Waals surface area contributed by atoms with E-state index in [-0.39, 0.29) is 16.6 Å². The van der Waals surface area contributed by atoms with Crippen LogP contribution in [-0.2, 0) is 4.79 Å². The van der Waals surface area contributed by atoms with Crippen LogP contribution in [0.3, 0.4) is 0 Å². The first kappa shape index (κ1) is 19.1. The van der Waals surface area contributed by atoms with Crippen molar-refractivity contribution in [1.29, 1.82) is 0 Å². The van der Waals surface area contributed by atoms with E-state index in [9.17, 15) is 20.1 Å². The normalized spacial score (nSPS) is 10.8. The maximum absolute atomic E-state index is 11.7. The van der Waals surface area contributed by atoms with Gasteiger partial charge in [-0.25, -0.2) is 5.43 Å². The minimum Gasteiger partial charge on any atom is -0.504 e. The maximum atomic E-state index is 11.7. The van der Waals surface area contributed by atoms with Crippen LogP contribution in [0, 0.1) is 6.92 Å². The van der Waals surface area contributed by atoms with Crippen LogP contribution in [0.15, 0.2) is 38.3 Å². The van der Waals surface area contributed by atoms with Gasteiger partial charge in [-0.3, -0.25) is 4.79 Å². The molecule has 0 aliphatic heterocycles. The number of hydrogen-bond acceptors (Lipinski definition) is 6. The van der Waals surface area contributed by atoms with Crippen molar-refractivity contribution in [2.24, 2.45) is 5.10 Å². The number of aromatic hydroxyl groups is 3. The van der Waals surface area contributed by atoms with Crippen molar-refractivity contribution < 1.29 is 24.9 Å². The van der Waals surface area contributed by atoms with Gasteiger partial charge in [-0.15, -0.1) is 0 Å². The van der Waals surface area contributed by atoms with E-state index in [2.05, 4.69) is 42.4 Å². The molecule has 7 nitrogen and oxygen atoms in total. The number of rotatable bonds is 5. The van der Waals surface area contributed by atoms with E-state index in [0.29, 0.717) is 5.75 Å². The smallest absolute Gasteiger partial charge is 0.277 e. The van der Waals surface area contributed by atoms with E-state index in [0.717, 1.165) is 16.3 Å². The third kappa shape index (κ3) is 4.86. The Kier molecular flexibility index (Phi) is 6.27. The number of benzene rings is 2. The molecule has 0 saturated heterocycles. The molecule has 0 heterocycles. The molecule has 2 rings (SSSR count). The molecular weight excluding hydrogens is 460 g/mol. The zero-order valence-corrected chi connectivity index (χ0v) is 16.1. The molecule has 0 aliphatic rings. The lowest BCUT2D eigenvalue weighted by atomic mass is 10.2. The number of nitrogens with zero attached hydrogens (tertiary/aromatic N) is 1. The van der Waals surface area contributed by atoms with Crippen LogP contribution in [0.4, 0.5) is 0 Å². The lowest BCUT2D eigenvalue weighted by molar-refractivity contribution is -0.123. The van der Waals surface area contributed by atoms with E-state index in [1.54, 1.807) is 6.07 Å². The van der Waals surface area contributed by atoms with Crippen molar-refractivity contribution in [1.82, 2.24) is 5.43 Å². The van der Waals surface area contributed by atoms with Crippen molar-refractivity contribution in [3.05, 3.63) is 44.3 Å². The number of phenolic OH excluding ortho intramolecular Hbond substituents is 3. The molecule has 2 aromatic carbocycles. The van der Waals surface area contributed by atoms with E-state index in [1.165, 1.54) is 6.07 Å². The fourth-order valence-corrected chi connectivity index (χ4v) is 2.85. The molecule has 2 aromatic rings. The average Bonchev–Trinajstić information content (AvgIpc) is 2.56. The first-order valence-corrected chi connectivity index (χ1v) is 8.52. The van der Waals surface area contributed by atoms with Crippen molar-refractivity contribution in [2.75, 3.05) is 6.61 Å². The number of phenols is 3. The fraction of sp³-hybridized carbons (Fsp3) is 0.125. The monoisotopic (exact) mass is 472 g/mol. The van der Waals surface area contributed by atoms with Gasteiger partial charge >= 0.3 is 0 Å². The number of amides is 1. The number of aryl methyl sites for hydroxylation is 1. The van der Waals surface area contributed by atoms with Crippen LogP contribution in [0.1, 0.15) is 11.1 Å². The van der Waals surface area contributed by atoms with Gasteiger partial charge in [0.2, 0.25) is 5.75 Å². The van der Waals surface area contributed by atoms with Crippen LogP contribution in [-0.4, -0.2) is 34.0 Å². The Morgan fingerprint density at radius 1 is 1.16 bits per heavy atom. The van der Waals surface area contributed by atoms with Gasteiger partial charge in [-0.2, -0.15) is 5.10 Å². The molecule has 1 amide bonds. The van der Waals surface area contributed by atoms with Crippen molar-refractivity contribution >= 4 is 44.0 Å². The Bertz CT molecular complexity index is 840. The third-order valence-electron chi connectivity index (χ3n) is 3.07. The van der Waals surface area contributed by atoms with Gasteiger partial charge in [-0.1, -0.05) is 6.07 Å². The molecular formula is C16H14Br2N2O5. The Labute approximate surface area is 160 Å². The van der Waals surface area contributed by atoms with Crippen LogP contribution in [0.25, 0.3) is 0 Å². The zero-order valence-electron chi connectivity index (χ0n) is 13.0. The summed E-state index contributed by atoms with van der Waals surface area (Å²) >= 11 is 6.36. The summed E-state index contributed by atoms with van der Waals surface area (Å²) < 4.78 is 6.28. The van der Waals surface area contributed by atoms with Crippen molar-refractivity contribution in [2.45, 2.75) is 6.92 Å². The molecule has 0 unspecified atom stereocenters. The number of hydrazone groups is 1. The summed E-state index contributed by atoms with van der Waals surface area (Å²) in [6.07, 6.45) is 1.12. The number of hydrogen-bond donors (Lipinski definition) is 4. The van der Waals surface area contributed by atoms with E-state index in [1.807, 2.05) is 19.1 Å². The summed E-state index contributed by atoms with van der Waals surface area (Å²) in [7, 11) is 0. The van der Waals surface area contributed by atoms with Gasteiger partial charge in [0.25, 0.3) is 5.91 Å². The second-order valence-corrected chi connectivity index (χ2v) is 6.72. The van der Waals surface area contributed by atoms with Crippen LogP contribution in [0.5, 0.6) is 23.0 Å². The van der Waals surface area contributed by atoms with Gasteiger partial charge in [0.1, 0.15) is 5.75 Å². The number of ether oxygens (including phenoxy) is 1. The molecule has 0 aromatic heterocycles. The van der Waals surface area contributed by atoms with Crippen LogP contribution in [0.2, 0.25) is 0 Å². The predicted octanol–water partition coefficient (Wildman–Crippen LogP) is 3.17. The lowest BCUT2D eigenvalue weighted by Gasteiger charge is -2.08. The summed E-state index contributed by atoms with van der Waals surface area (Å²) in [6.45, 7) is 1.68. The first-order chi connectivity index (χ1) is 11.8. The standard InChI is InChI=1S/C16H14Br2N2O5/c1-8-2-3-12(10(17)4-8)25-7-13(21)20-19-6-9-5-11(18)15(23)16(24)14(9)22/h2-6,22-24H,7H2,1H3,(H,20,21)/b19-6+. The zero-order chi connectivity index (χ0) is 18.6. The maximum Gasteiger partial charge on any atom is 0.277 e. The van der Waals surface area contributed by atoms with E-state index < -0.39 is 23.2 Å². The summed E-state index contributed by atoms with van der Waals surface area (Å²) in [6, 6.07) is 6.79. The third-order valence-corrected chi connectivity index (χ3v) is 4.29. The fourth-order valence-electron chi connectivity index (χ4n) is 1.81. The molecule has 0 radical (unpaired) electrons. The molecule has 0 bridgehead atoms. The van der Waals surface area contributed by atoms with Gasteiger partial charge < -0.3 is 20.1 Å². The van der Waals surface area contributed by atoms with E-state index in [4.69, 9.17) is 4.74 Å². The average molecular weight is 474 g/mol. The minimum absolute atomic E-state index is 0.102. The highest BCUT2D eigenvalue weighted by atomic mass is 79.9. The molecule has 9 heteroatoms. The highest BCUT2D eigenvalue weighted by molar-refractivity contribution is 9.10. The highest BCUT2D eigenvalue weighted by Crippen LogP contribution is 2.42. The van der Waals surface area contributed by atoms with Gasteiger partial charge in [0.15, 0.2) is 18.1 Å². The van der Waals surface area contributed by atoms with Gasteiger partial charge in [-0.05, 0) is 62.5 Å². The SMILES string of the molecule is Cc1ccc(OCC(=O)N/N=C/c2cc(Br)c(O)c(O)c2O)c(Br)c1. The Morgan fingerprint density at radius 2 is 1.88 bits per heavy atom. The van der Waals surface area contributed by atoms with Crippen molar-refractivity contribution in [3.63, 3.8) is 0 Å². The Hall–Kier alpha value is -2.26. The molecule has 0 atom stereocenters. The second kappa shape index (κ2) is 8.21. The number of carbonyl (C=O) groups is 1. The molecule has 0 aliphatic carbocycles. The molecule has 0 saturated carbocycles. The topological polar surface area (TPSA) is 111 Å². The molecule has 132 valence electrons. The summed E-state index contributed by atoms with van der Waals surface area (Å²) in [5, 5.41) is 32.4. The summed E-state index contributed by atoms with van der Waals surface area (Å²) in [5.74, 6) is -1.72. The van der Waals surface area contributed by atoms with E-state index >= 15 is 0 Å². The quantitative estimate of drug-likeness (QED) is 0.303. The van der Waals surface area contributed by atoms with Crippen molar-refractivity contribution in [3.8, 4) is 23.0 Å². The molecule has 4 N–H and O–H groups in total. The van der Waals surface area contributed by atoms with Crippen LogP contribution >= 0.6 is 31.9 Å². The van der Waals surface area contributed by atoms with Crippen LogP contribution < -0.4 is 10.2 Å². The first-order valence-electron chi connectivity index (χ1n) is 6.94. The summed E-state index contributed by atoms with van der Waals surface area (Å²) in [5.41, 5.74) is 3.39. The number of halogens is 2. The number of nitrogens with one attached hydrogen (secondary N) is 1. The summed E-state index contributed by atoms with van der Waals surface area (Å²) in [4.78, 5) is 11.7.